The van der Waals surface area contributed by atoms with E-state index in [1.54, 1.807) is 0 Å². The highest BCUT2D eigenvalue weighted by Crippen LogP contribution is 2.07. The molecule has 0 aromatic carbocycles. The van der Waals surface area contributed by atoms with Gasteiger partial charge in [0.05, 0.1) is 0 Å². The first-order chi connectivity index (χ1) is 7.92. The van der Waals surface area contributed by atoms with Crippen molar-refractivity contribution >= 4 is 19.4 Å². The van der Waals surface area contributed by atoms with E-state index in [1.165, 1.54) is 32.1 Å². The van der Waals surface area contributed by atoms with E-state index >= 15 is 0 Å². The lowest BCUT2D eigenvalue weighted by Crippen LogP contribution is -2.12. The Morgan fingerprint density at radius 2 is 1.41 bits per heavy atom. The van der Waals surface area contributed by atoms with E-state index in [0.717, 1.165) is 29.7 Å². The van der Waals surface area contributed by atoms with E-state index in [0.29, 0.717) is 5.75 Å². The molecule has 0 aliphatic rings. The molecule has 0 saturated heterocycles. The van der Waals surface area contributed by atoms with Crippen molar-refractivity contribution in [3.8, 4) is 0 Å². The topological polar surface area (TPSA) is 60.8 Å². The van der Waals surface area contributed by atoms with Crippen molar-refractivity contribution in [3.05, 3.63) is 0 Å². The first kappa shape index (κ1) is 17.2. The third-order valence-electron chi connectivity index (χ3n) is 2.49. The Hall–Kier alpha value is 0.250. The van der Waals surface area contributed by atoms with E-state index < -0.39 is 9.05 Å². The maximum atomic E-state index is 10.5. The van der Waals surface area contributed by atoms with Gasteiger partial charge in [0.2, 0.25) is 0 Å². The maximum absolute atomic E-state index is 10.5. The minimum Gasteiger partial charge on any atom is -0.309 e. The largest absolute Gasteiger partial charge is 0.430 e. The van der Waals surface area contributed by atoms with Crippen molar-refractivity contribution in [2.45, 2.75) is 44.9 Å². The molecule has 0 radical (unpaired) electrons. The van der Waals surface area contributed by atoms with Crippen LogP contribution in [0.25, 0.3) is 0 Å². The van der Waals surface area contributed by atoms with Gasteiger partial charge in [-0.3, -0.25) is 9.11 Å². The van der Waals surface area contributed by atoms with Gasteiger partial charge in [-0.2, -0.15) is 4.21 Å². The molecule has 0 fully saturated rings. The molecule has 2 N–H and O–H groups in total. The molecular weight excluding hydrogens is 258 g/mol. The van der Waals surface area contributed by atoms with Crippen molar-refractivity contribution in [3.63, 3.8) is 0 Å². The van der Waals surface area contributed by atoms with Crippen LogP contribution in [-0.2, 0) is 19.4 Å². The van der Waals surface area contributed by atoms with Gasteiger partial charge in [-0.25, -0.2) is 0 Å². The molecule has 0 unspecified atom stereocenters. The van der Waals surface area contributed by atoms with Gasteiger partial charge >= 0.3 is 9.05 Å². The fourth-order valence-corrected chi connectivity index (χ4v) is 3.13. The van der Waals surface area contributed by atoms with Gasteiger partial charge in [0.1, 0.15) is 0 Å². The van der Waals surface area contributed by atoms with Gasteiger partial charge in [-0.1, -0.05) is 25.7 Å². The molecule has 0 bridgehead atoms. The number of hydrogen-bond acceptors (Lipinski definition) is 2. The second kappa shape index (κ2) is 10.2. The molecule has 6 heteroatoms. The summed E-state index contributed by atoms with van der Waals surface area (Å²) in [5, 5.41) is 0. The predicted octanol–water partition coefficient (Wildman–Crippen LogP) is 2.51. The molecule has 0 saturated carbocycles. The number of nitrogens with zero attached hydrogens (tertiary/aromatic N) is 1. The van der Waals surface area contributed by atoms with Crippen LogP contribution in [0.4, 0.5) is 0 Å². The quantitative estimate of drug-likeness (QED) is 0.478. The summed E-state index contributed by atoms with van der Waals surface area (Å²) in [5.41, 5.74) is 0. The maximum Gasteiger partial charge on any atom is 0.430 e. The third-order valence-corrected chi connectivity index (χ3v) is 4.67. The van der Waals surface area contributed by atoms with Gasteiger partial charge in [-0.05, 0) is 33.5 Å². The van der Waals surface area contributed by atoms with Crippen LogP contribution in [0.1, 0.15) is 44.9 Å². The molecular formula is C11H26NO3S2+. The molecule has 0 aromatic heterocycles. The van der Waals surface area contributed by atoms with Crippen LogP contribution in [0, 0.1) is 0 Å². The molecule has 0 rings (SSSR count). The minimum atomic E-state index is -3.58. The van der Waals surface area contributed by atoms with E-state index in [-0.39, 0.29) is 0 Å². The summed E-state index contributed by atoms with van der Waals surface area (Å²) in [6.07, 6.45) is 8.23. The second-order valence-corrected chi connectivity index (χ2v) is 8.10. The monoisotopic (exact) mass is 284 g/mol. The molecule has 0 spiro atoms. The molecule has 17 heavy (non-hydrogen) atoms. The van der Waals surface area contributed by atoms with Crippen LogP contribution < -0.4 is 0 Å². The molecule has 0 amide bonds. The Balaban J connectivity index is 3.17. The summed E-state index contributed by atoms with van der Waals surface area (Å²) in [6.45, 7) is 1.16. The Bertz CT molecular complexity index is 278. The van der Waals surface area contributed by atoms with Crippen molar-refractivity contribution in [1.29, 1.82) is 0 Å². The van der Waals surface area contributed by atoms with Crippen LogP contribution in [0.3, 0.4) is 0 Å². The summed E-state index contributed by atoms with van der Waals surface area (Å²) < 4.78 is 27.7. The van der Waals surface area contributed by atoms with Crippen molar-refractivity contribution < 1.29 is 13.3 Å². The van der Waals surface area contributed by atoms with Crippen LogP contribution in [0.15, 0.2) is 0 Å². The lowest BCUT2D eigenvalue weighted by molar-refractivity contribution is 0.389. The first-order valence-corrected chi connectivity index (χ1v) is 9.17. The van der Waals surface area contributed by atoms with Gasteiger partial charge in [0.25, 0.3) is 10.3 Å². The summed E-state index contributed by atoms with van der Waals surface area (Å²) in [4.78, 5) is 2.21. The Kier molecular flexibility index (Phi) is 10.3. The van der Waals surface area contributed by atoms with Crippen LogP contribution in [0.2, 0.25) is 0 Å². The number of hydrogen-bond donors (Lipinski definition) is 2. The van der Waals surface area contributed by atoms with E-state index in [9.17, 15) is 4.21 Å². The summed E-state index contributed by atoms with van der Waals surface area (Å²) in [5.74, 6) is 0.562. The lowest BCUT2D eigenvalue weighted by Gasteiger charge is -2.08. The molecule has 0 aliphatic carbocycles. The zero-order valence-corrected chi connectivity index (χ0v) is 12.6. The zero-order valence-electron chi connectivity index (χ0n) is 10.9. The molecule has 0 aliphatic heterocycles. The smallest absolute Gasteiger partial charge is 0.309 e. The van der Waals surface area contributed by atoms with Gasteiger partial charge in [0, 0.05) is 6.42 Å². The fraction of sp³-hybridized carbons (Fsp3) is 1.00. The predicted molar refractivity (Wildman–Crippen MR) is 76.5 cm³/mol. The zero-order chi connectivity index (χ0) is 13.1. The Morgan fingerprint density at radius 1 is 0.941 bits per heavy atom. The van der Waals surface area contributed by atoms with E-state index in [4.69, 9.17) is 9.11 Å². The highest BCUT2D eigenvalue weighted by molar-refractivity contribution is 8.34. The standard InChI is InChI=1S/C11H25NO3S2/c1-12(2)10-8-6-4-3-5-7-9-11-16-17(13,14)15/h3-11H2,1-2H3,(H-,13,14,15)/p+1. The number of unbranched alkanes of at least 4 members (excludes halogenated alkanes) is 6. The first-order valence-electron chi connectivity index (χ1n) is 6.20. The lowest BCUT2D eigenvalue weighted by atomic mass is 10.1. The fourth-order valence-electron chi connectivity index (χ4n) is 1.58. The third kappa shape index (κ3) is 16.2. The van der Waals surface area contributed by atoms with E-state index in [2.05, 4.69) is 19.0 Å². The normalized spacial score (nSPS) is 12.1. The summed E-state index contributed by atoms with van der Waals surface area (Å²) in [6, 6.07) is 0. The molecule has 0 atom stereocenters. The van der Waals surface area contributed by atoms with Gasteiger partial charge in [-0.15, -0.1) is 0 Å². The molecule has 0 heterocycles. The average molecular weight is 284 g/mol. The molecule has 0 aromatic rings. The van der Waals surface area contributed by atoms with Crippen molar-refractivity contribution in [2.75, 3.05) is 26.4 Å². The summed E-state index contributed by atoms with van der Waals surface area (Å²) >= 11 is 0. The second-order valence-electron chi connectivity index (χ2n) is 4.55. The average Bonchev–Trinajstić information content (AvgIpc) is 2.18. The van der Waals surface area contributed by atoms with Crippen LogP contribution in [-0.4, -0.2) is 44.6 Å². The SMILES string of the molecule is CN(C)CCCCCCCCC[S+]=S(=O)(O)O. The Labute approximate surface area is 109 Å². The van der Waals surface area contributed by atoms with Gasteiger partial charge in [0.15, 0.2) is 5.75 Å². The highest BCUT2D eigenvalue weighted by atomic mass is 32.9. The molecule has 104 valence electrons. The highest BCUT2D eigenvalue weighted by Gasteiger charge is 2.08. The minimum absolute atomic E-state index is 0.562. The molecule has 4 nitrogen and oxygen atoms in total. The van der Waals surface area contributed by atoms with Gasteiger partial charge < -0.3 is 4.90 Å². The van der Waals surface area contributed by atoms with E-state index in [1.807, 2.05) is 0 Å². The summed E-state index contributed by atoms with van der Waals surface area (Å²) in [7, 11) is 1.36. The van der Waals surface area contributed by atoms with Crippen molar-refractivity contribution in [2.24, 2.45) is 0 Å². The number of rotatable bonds is 10. The Morgan fingerprint density at radius 3 is 1.88 bits per heavy atom. The van der Waals surface area contributed by atoms with Crippen LogP contribution in [0.5, 0.6) is 0 Å². The van der Waals surface area contributed by atoms with Crippen LogP contribution >= 0.6 is 0 Å². The van der Waals surface area contributed by atoms with Crippen molar-refractivity contribution in [1.82, 2.24) is 4.90 Å².